The molecule has 210 valence electrons. The molecule has 0 spiro atoms. The van der Waals surface area contributed by atoms with Crippen molar-refractivity contribution in [2.24, 2.45) is 5.92 Å². The summed E-state index contributed by atoms with van der Waals surface area (Å²) in [6, 6.07) is 15.7. The lowest BCUT2D eigenvalue weighted by Crippen LogP contribution is -2.29. The first-order chi connectivity index (χ1) is 18.0. The molecule has 1 saturated carbocycles. The molecule has 3 rings (SSSR count). The number of phenols is 1. The number of hydrogen-bond donors (Lipinski definition) is 1. The highest BCUT2D eigenvalue weighted by atomic mass is 16.7. The highest BCUT2D eigenvalue weighted by Crippen LogP contribution is 2.37. The second-order valence-electron chi connectivity index (χ2n) is 12.0. The van der Waals surface area contributed by atoms with E-state index < -0.39 is 5.60 Å². The van der Waals surface area contributed by atoms with Crippen LogP contribution < -0.4 is 4.74 Å². The van der Waals surface area contributed by atoms with E-state index in [0.717, 1.165) is 37.0 Å². The third kappa shape index (κ3) is 9.65. The van der Waals surface area contributed by atoms with Gasteiger partial charge in [-0.1, -0.05) is 57.4 Å². The van der Waals surface area contributed by atoms with Crippen LogP contribution in [0, 0.1) is 5.92 Å². The first kappa shape index (κ1) is 30.0. The number of benzene rings is 2. The van der Waals surface area contributed by atoms with Crippen LogP contribution in [0.1, 0.15) is 116 Å². The van der Waals surface area contributed by atoms with Gasteiger partial charge in [0, 0.05) is 0 Å². The smallest absolute Gasteiger partial charge is 0.309 e. The Morgan fingerprint density at radius 1 is 0.921 bits per heavy atom. The molecule has 0 aliphatic heterocycles. The zero-order valence-electron chi connectivity index (χ0n) is 24.2. The Morgan fingerprint density at radius 2 is 1.53 bits per heavy atom. The van der Waals surface area contributed by atoms with E-state index in [1.807, 2.05) is 58.9 Å². The molecule has 2 aromatic carbocycles. The summed E-state index contributed by atoms with van der Waals surface area (Å²) in [6.45, 7) is 12.0. The molecular formula is C33H48O5. The molecule has 5 heteroatoms. The molecule has 0 heterocycles. The second-order valence-corrected chi connectivity index (χ2v) is 12.0. The van der Waals surface area contributed by atoms with Crippen LogP contribution in [-0.2, 0) is 14.3 Å². The normalized spacial score (nSPS) is 17.8. The van der Waals surface area contributed by atoms with Gasteiger partial charge in [-0.2, -0.15) is 0 Å². The van der Waals surface area contributed by atoms with Crippen LogP contribution in [-0.4, -0.2) is 29.1 Å². The molecule has 0 amide bonds. The minimum Gasteiger partial charge on any atom is -0.508 e. The number of hydrogen-bond acceptors (Lipinski definition) is 5. The van der Waals surface area contributed by atoms with E-state index in [-0.39, 0.29) is 35.8 Å². The number of aromatic hydroxyl groups is 1. The van der Waals surface area contributed by atoms with Crippen molar-refractivity contribution in [2.75, 3.05) is 0 Å². The van der Waals surface area contributed by atoms with Crippen LogP contribution in [0.3, 0.4) is 0 Å². The summed E-state index contributed by atoms with van der Waals surface area (Å²) in [5.74, 6) is 1.18. The average Bonchev–Trinajstić information content (AvgIpc) is 2.86. The Bertz CT molecular complexity index is 970. The molecule has 4 unspecified atom stereocenters. The van der Waals surface area contributed by atoms with Crippen molar-refractivity contribution in [1.82, 2.24) is 0 Å². The van der Waals surface area contributed by atoms with Crippen LogP contribution in [0.4, 0.5) is 0 Å². The molecular weight excluding hydrogens is 476 g/mol. The zero-order valence-corrected chi connectivity index (χ0v) is 24.2. The Balaban J connectivity index is 1.66. The Kier molecular flexibility index (Phi) is 11.1. The van der Waals surface area contributed by atoms with Crippen molar-refractivity contribution in [3.63, 3.8) is 0 Å². The maximum atomic E-state index is 12.9. The summed E-state index contributed by atoms with van der Waals surface area (Å²) in [4.78, 5) is 12.9. The molecule has 1 fully saturated rings. The lowest BCUT2D eigenvalue weighted by Gasteiger charge is -2.28. The van der Waals surface area contributed by atoms with Gasteiger partial charge in [0.05, 0.1) is 12.0 Å². The van der Waals surface area contributed by atoms with Gasteiger partial charge in [-0.3, -0.25) is 4.79 Å². The van der Waals surface area contributed by atoms with Crippen molar-refractivity contribution >= 4 is 5.97 Å². The number of ether oxygens (including phenoxy) is 3. The minimum atomic E-state index is -0.505. The SMILES string of the molecule is CCC(CC(CC(C)c1ccc(OC(C)OC2CCCCC2)cc1)c1ccc(O)cc1)C(=O)OC(C)(C)C. The fourth-order valence-electron chi connectivity index (χ4n) is 5.40. The van der Waals surface area contributed by atoms with Crippen LogP contribution in [0.25, 0.3) is 0 Å². The first-order valence-electron chi connectivity index (χ1n) is 14.5. The number of phenolic OH excluding ortho intramolecular Hbond substituents is 1. The summed E-state index contributed by atoms with van der Waals surface area (Å²) in [7, 11) is 0. The van der Waals surface area contributed by atoms with E-state index in [2.05, 4.69) is 19.1 Å². The minimum absolute atomic E-state index is 0.137. The van der Waals surface area contributed by atoms with E-state index in [1.54, 1.807) is 12.1 Å². The zero-order chi connectivity index (χ0) is 27.7. The van der Waals surface area contributed by atoms with Gasteiger partial charge in [0.1, 0.15) is 17.1 Å². The Hall–Kier alpha value is -2.53. The van der Waals surface area contributed by atoms with Crippen molar-refractivity contribution in [3.8, 4) is 11.5 Å². The number of esters is 1. The van der Waals surface area contributed by atoms with E-state index >= 15 is 0 Å². The number of carbonyl (C=O) groups excluding carboxylic acids is 1. The first-order valence-corrected chi connectivity index (χ1v) is 14.5. The van der Waals surface area contributed by atoms with Gasteiger partial charge >= 0.3 is 5.97 Å². The van der Waals surface area contributed by atoms with Gasteiger partial charge in [-0.15, -0.1) is 0 Å². The Labute approximate surface area is 229 Å². The lowest BCUT2D eigenvalue weighted by molar-refractivity contribution is -0.160. The molecule has 5 nitrogen and oxygen atoms in total. The van der Waals surface area contributed by atoms with Crippen molar-refractivity contribution in [3.05, 3.63) is 59.7 Å². The molecule has 1 aliphatic rings. The molecule has 1 aliphatic carbocycles. The average molecular weight is 525 g/mol. The van der Waals surface area contributed by atoms with Crippen molar-refractivity contribution < 1.29 is 24.1 Å². The van der Waals surface area contributed by atoms with Gasteiger partial charge in [-0.05, 0) is 107 Å². The van der Waals surface area contributed by atoms with Crippen molar-refractivity contribution in [2.45, 2.75) is 123 Å². The maximum absolute atomic E-state index is 12.9. The standard InChI is InChI=1S/C33H48O5/c1-7-25(32(35)38-33(4,5)6)22-28(27-13-17-29(34)18-14-27)21-23(2)26-15-19-31(20-16-26)37-24(3)36-30-11-9-8-10-12-30/h13-20,23-25,28,30,34H,7-12,21-22H2,1-6H3. The predicted octanol–water partition coefficient (Wildman–Crippen LogP) is 8.50. The summed E-state index contributed by atoms with van der Waals surface area (Å²) >= 11 is 0. The van der Waals surface area contributed by atoms with Crippen molar-refractivity contribution in [1.29, 1.82) is 0 Å². The largest absolute Gasteiger partial charge is 0.508 e. The fraction of sp³-hybridized carbons (Fsp3) is 0.606. The quantitative estimate of drug-likeness (QED) is 0.223. The van der Waals surface area contributed by atoms with Crippen LogP contribution in [0.5, 0.6) is 11.5 Å². The van der Waals surface area contributed by atoms with Crippen LogP contribution in [0.15, 0.2) is 48.5 Å². The van der Waals surface area contributed by atoms with Gasteiger partial charge < -0.3 is 19.3 Å². The molecule has 0 saturated heterocycles. The van der Waals surface area contributed by atoms with E-state index in [4.69, 9.17) is 14.2 Å². The highest BCUT2D eigenvalue weighted by molar-refractivity contribution is 5.73. The number of carbonyl (C=O) groups is 1. The summed E-state index contributed by atoms with van der Waals surface area (Å²) in [5, 5.41) is 9.83. The molecule has 1 N–H and O–H groups in total. The van der Waals surface area contributed by atoms with E-state index in [0.29, 0.717) is 12.5 Å². The lowest BCUT2D eigenvalue weighted by atomic mass is 9.80. The summed E-state index contributed by atoms with van der Waals surface area (Å²) in [6.07, 6.45) is 8.40. The van der Waals surface area contributed by atoms with E-state index in [9.17, 15) is 9.90 Å². The third-order valence-electron chi connectivity index (χ3n) is 7.49. The fourth-order valence-corrected chi connectivity index (χ4v) is 5.40. The monoisotopic (exact) mass is 524 g/mol. The topological polar surface area (TPSA) is 65.0 Å². The molecule has 2 aromatic rings. The van der Waals surface area contributed by atoms with Crippen LogP contribution >= 0.6 is 0 Å². The summed E-state index contributed by atoms with van der Waals surface area (Å²) in [5.41, 5.74) is 1.85. The molecule has 0 aromatic heterocycles. The summed E-state index contributed by atoms with van der Waals surface area (Å²) < 4.78 is 17.9. The second kappa shape index (κ2) is 14.0. The Morgan fingerprint density at radius 3 is 2.11 bits per heavy atom. The van der Waals surface area contributed by atoms with Gasteiger partial charge in [0.25, 0.3) is 0 Å². The molecule has 0 radical (unpaired) electrons. The van der Waals surface area contributed by atoms with Gasteiger partial charge in [0.2, 0.25) is 0 Å². The van der Waals surface area contributed by atoms with Gasteiger partial charge in [-0.25, -0.2) is 0 Å². The van der Waals surface area contributed by atoms with Crippen LogP contribution in [0.2, 0.25) is 0 Å². The predicted molar refractivity (Wildman–Crippen MR) is 153 cm³/mol. The maximum Gasteiger partial charge on any atom is 0.309 e. The molecule has 38 heavy (non-hydrogen) atoms. The number of rotatable bonds is 12. The van der Waals surface area contributed by atoms with E-state index in [1.165, 1.54) is 24.8 Å². The molecule has 0 bridgehead atoms. The van der Waals surface area contributed by atoms with Gasteiger partial charge in [0.15, 0.2) is 6.29 Å². The third-order valence-corrected chi connectivity index (χ3v) is 7.49. The molecule has 4 atom stereocenters. The highest BCUT2D eigenvalue weighted by Gasteiger charge is 2.28.